The number of nitrogens with one attached hydrogen (secondary N) is 1. The van der Waals surface area contributed by atoms with Crippen molar-refractivity contribution in [2.24, 2.45) is 11.7 Å². The van der Waals surface area contributed by atoms with Gasteiger partial charge in [0, 0.05) is 30.4 Å². The van der Waals surface area contributed by atoms with Crippen molar-refractivity contribution in [2.75, 3.05) is 11.9 Å². The molecule has 0 aliphatic heterocycles. The third kappa shape index (κ3) is 4.70. The number of hydrogen-bond acceptors (Lipinski definition) is 5. The Balaban J connectivity index is 3.05. The zero-order valence-electron chi connectivity index (χ0n) is 12.4. The van der Waals surface area contributed by atoms with E-state index in [1.165, 1.54) is 12.1 Å². The van der Waals surface area contributed by atoms with Gasteiger partial charge in [0.25, 0.3) is 5.69 Å². The average molecular weight is 281 g/mol. The van der Waals surface area contributed by atoms with Gasteiger partial charge in [-0.15, -0.1) is 0 Å². The normalized spacial score (nSPS) is 12.6. The van der Waals surface area contributed by atoms with Gasteiger partial charge >= 0.3 is 0 Å². The molecule has 1 aromatic carbocycles. The number of hydrogen-bond donors (Lipinski definition) is 2. The van der Waals surface area contributed by atoms with Crippen molar-refractivity contribution in [2.45, 2.75) is 39.8 Å². The molecule has 0 aliphatic rings. The van der Waals surface area contributed by atoms with Crippen LogP contribution >= 0.6 is 0 Å². The minimum atomic E-state index is -0.425. The Kier molecular flexibility index (Phi) is 5.76. The van der Waals surface area contributed by atoms with Crippen molar-refractivity contribution in [1.82, 2.24) is 0 Å². The highest BCUT2D eigenvalue weighted by atomic mass is 16.6. The summed E-state index contributed by atoms with van der Waals surface area (Å²) in [6.45, 7) is 8.31. The minimum Gasteiger partial charge on any atom is -0.491 e. The van der Waals surface area contributed by atoms with Gasteiger partial charge in [0.15, 0.2) is 0 Å². The molecule has 0 aliphatic carbocycles. The first-order valence-electron chi connectivity index (χ1n) is 6.76. The molecule has 0 heterocycles. The molecule has 112 valence electrons. The molecule has 0 bridgehead atoms. The van der Waals surface area contributed by atoms with Crippen molar-refractivity contribution in [3.8, 4) is 5.75 Å². The lowest BCUT2D eigenvalue weighted by atomic mass is 10.0. The summed E-state index contributed by atoms with van der Waals surface area (Å²) in [6.07, 6.45) is -0.0414. The van der Waals surface area contributed by atoms with Gasteiger partial charge in [-0.2, -0.15) is 0 Å². The third-order valence-corrected chi connectivity index (χ3v) is 2.88. The summed E-state index contributed by atoms with van der Waals surface area (Å²) < 4.78 is 5.55. The lowest BCUT2D eigenvalue weighted by molar-refractivity contribution is -0.384. The number of benzene rings is 1. The van der Waals surface area contributed by atoms with E-state index in [1.807, 2.05) is 27.7 Å². The highest BCUT2D eigenvalue weighted by Gasteiger charge is 2.15. The predicted molar refractivity (Wildman–Crippen MR) is 80.2 cm³/mol. The van der Waals surface area contributed by atoms with Crippen LogP contribution in [0.1, 0.15) is 27.7 Å². The van der Waals surface area contributed by atoms with Gasteiger partial charge < -0.3 is 15.8 Å². The number of nitro benzene ring substituents is 1. The summed E-state index contributed by atoms with van der Waals surface area (Å²) in [4.78, 5) is 10.6. The Labute approximate surface area is 119 Å². The highest BCUT2D eigenvalue weighted by Crippen LogP contribution is 2.27. The lowest BCUT2D eigenvalue weighted by Crippen LogP contribution is -2.33. The number of nitrogens with zero attached hydrogens (tertiary/aromatic N) is 1. The fourth-order valence-corrected chi connectivity index (χ4v) is 1.82. The number of non-ortho nitro benzene ring substituents is 1. The number of nitro groups is 1. The Hall–Kier alpha value is -1.82. The van der Waals surface area contributed by atoms with Crippen molar-refractivity contribution in [3.05, 3.63) is 28.3 Å². The molecule has 1 unspecified atom stereocenters. The molecule has 0 saturated heterocycles. The zero-order valence-corrected chi connectivity index (χ0v) is 12.4. The van der Waals surface area contributed by atoms with Crippen LogP contribution in [0.5, 0.6) is 5.75 Å². The van der Waals surface area contributed by atoms with Crippen LogP contribution in [-0.2, 0) is 0 Å². The molecule has 20 heavy (non-hydrogen) atoms. The second-order valence-corrected chi connectivity index (χ2v) is 5.37. The van der Waals surface area contributed by atoms with Crippen LogP contribution in [0.4, 0.5) is 11.4 Å². The minimum absolute atomic E-state index is 0.00479. The summed E-state index contributed by atoms with van der Waals surface area (Å²) in [5, 5.41) is 14.2. The Bertz CT molecular complexity index is 461. The molecule has 0 radical (unpaired) electrons. The van der Waals surface area contributed by atoms with Crippen LogP contribution in [0, 0.1) is 16.0 Å². The second-order valence-electron chi connectivity index (χ2n) is 5.37. The quantitative estimate of drug-likeness (QED) is 0.592. The topological polar surface area (TPSA) is 90.4 Å². The summed E-state index contributed by atoms with van der Waals surface area (Å²) in [6, 6.07) is 4.75. The van der Waals surface area contributed by atoms with Gasteiger partial charge in [0.05, 0.1) is 17.1 Å². The fourth-order valence-electron chi connectivity index (χ4n) is 1.82. The second kappa shape index (κ2) is 7.09. The van der Waals surface area contributed by atoms with Crippen LogP contribution in [0.25, 0.3) is 0 Å². The van der Waals surface area contributed by atoms with Crippen LogP contribution in [0.3, 0.4) is 0 Å². The maximum absolute atomic E-state index is 11.0. The molecule has 0 spiro atoms. The molecule has 1 rings (SSSR count). The number of rotatable bonds is 7. The van der Waals surface area contributed by atoms with E-state index in [9.17, 15) is 10.1 Å². The van der Waals surface area contributed by atoms with Gasteiger partial charge in [0.1, 0.15) is 5.75 Å². The molecule has 0 fully saturated rings. The van der Waals surface area contributed by atoms with E-state index < -0.39 is 4.92 Å². The number of nitrogens with two attached hydrogens (primary N) is 1. The van der Waals surface area contributed by atoms with Crippen molar-refractivity contribution in [1.29, 1.82) is 0 Å². The Morgan fingerprint density at radius 3 is 2.40 bits per heavy atom. The first-order chi connectivity index (χ1) is 9.33. The van der Waals surface area contributed by atoms with E-state index in [0.29, 0.717) is 23.9 Å². The van der Waals surface area contributed by atoms with Gasteiger partial charge in [-0.3, -0.25) is 10.1 Å². The SMILES string of the molecule is CC(C)Oc1cc(NC(CN)C(C)C)cc([N+](=O)[O-])c1. The standard InChI is InChI=1S/C14H23N3O3/c1-9(2)14(8-15)16-11-5-12(17(18)19)7-13(6-11)20-10(3)4/h5-7,9-10,14,16H,8,15H2,1-4H3. The smallest absolute Gasteiger partial charge is 0.275 e. The molecule has 6 heteroatoms. The summed E-state index contributed by atoms with van der Waals surface area (Å²) in [7, 11) is 0. The van der Waals surface area contributed by atoms with E-state index in [4.69, 9.17) is 10.5 Å². The summed E-state index contributed by atoms with van der Waals surface area (Å²) >= 11 is 0. The number of anilines is 1. The van der Waals surface area contributed by atoms with Gasteiger partial charge in [-0.1, -0.05) is 13.8 Å². The van der Waals surface area contributed by atoms with E-state index in [0.717, 1.165) is 0 Å². The summed E-state index contributed by atoms with van der Waals surface area (Å²) in [5.74, 6) is 0.810. The number of ether oxygens (including phenoxy) is 1. The fraction of sp³-hybridized carbons (Fsp3) is 0.571. The van der Waals surface area contributed by atoms with Crippen LogP contribution in [0.15, 0.2) is 18.2 Å². The lowest BCUT2D eigenvalue weighted by Gasteiger charge is -2.22. The van der Waals surface area contributed by atoms with E-state index >= 15 is 0 Å². The molecule has 6 nitrogen and oxygen atoms in total. The molecular formula is C14H23N3O3. The first kappa shape index (κ1) is 16.2. The van der Waals surface area contributed by atoms with Gasteiger partial charge in [-0.25, -0.2) is 0 Å². The Morgan fingerprint density at radius 1 is 1.30 bits per heavy atom. The molecule has 1 aromatic rings. The maximum atomic E-state index is 11.0. The van der Waals surface area contributed by atoms with Gasteiger partial charge in [-0.05, 0) is 19.8 Å². The van der Waals surface area contributed by atoms with E-state index in [1.54, 1.807) is 6.07 Å². The molecular weight excluding hydrogens is 258 g/mol. The average Bonchev–Trinajstić information content (AvgIpc) is 2.34. The maximum Gasteiger partial charge on any atom is 0.275 e. The van der Waals surface area contributed by atoms with Crippen LogP contribution in [0.2, 0.25) is 0 Å². The van der Waals surface area contributed by atoms with Gasteiger partial charge in [0.2, 0.25) is 0 Å². The van der Waals surface area contributed by atoms with Crippen molar-refractivity contribution in [3.63, 3.8) is 0 Å². The molecule has 0 saturated carbocycles. The first-order valence-corrected chi connectivity index (χ1v) is 6.76. The highest BCUT2D eigenvalue weighted by molar-refractivity contribution is 5.57. The zero-order chi connectivity index (χ0) is 15.3. The monoisotopic (exact) mass is 281 g/mol. The van der Waals surface area contributed by atoms with Crippen LogP contribution in [-0.4, -0.2) is 23.6 Å². The predicted octanol–water partition coefficient (Wildman–Crippen LogP) is 2.78. The van der Waals surface area contributed by atoms with E-state index in [2.05, 4.69) is 5.32 Å². The van der Waals surface area contributed by atoms with E-state index in [-0.39, 0.29) is 17.8 Å². The largest absolute Gasteiger partial charge is 0.491 e. The Morgan fingerprint density at radius 2 is 1.95 bits per heavy atom. The molecule has 0 aromatic heterocycles. The third-order valence-electron chi connectivity index (χ3n) is 2.88. The molecule has 3 N–H and O–H groups in total. The summed E-state index contributed by atoms with van der Waals surface area (Å²) in [5.41, 5.74) is 6.37. The molecule has 1 atom stereocenters. The molecule has 0 amide bonds. The van der Waals surface area contributed by atoms with Crippen LogP contribution < -0.4 is 15.8 Å². The van der Waals surface area contributed by atoms with Crippen molar-refractivity contribution < 1.29 is 9.66 Å². The van der Waals surface area contributed by atoms with Crippen molar-refractivity contribution >= 4 is 11.4 Å².